The Kier molecular flexibility index (Phi) is 6.09. The van der Waals surface area contributed by atoms with Gasteiger partial charge in [-0.1, -0.05) is 60.7 Å². The minimum atomic E-state index is -0.635. The van der Waals surface area contributed by atoms with Gasteiger partial charge >= 0.3 is 6.03 Å². The molecule has 0 saturated carbocycles. The molecule has 28 heavy (non-hydrogen) atoms. The molecule has 1 heterocycles. The highest BCUT2D eigenvalue weighted by Gasteiger charge is 2.39. The zero-order chi connectivity index (χ0) is 20.1. The maximum Gasteiger partial charge on any atom is 0.325 e. The molecule has 146 valence electrons. The van der Waals surface area contributed by atoms with Gasteiger partial charge in [-0.25, -0.2) is 4.79 Å². The van der Waals surface area contributed by atoms with Crippen molar-refractivity contribution in [3.8, 4) is 0 Å². The summed E-state index contributed by atoms with van der Waals surface area (Å²) in [6.07, 6.45) is 0.411. The first-order valence-corrected chi connectivity index (χ1v) is 9.45. The summed E-state index contributed by atoms with van der Waals surface area (Å²) in [6.45, 7) is 4.03. The highest BCUT2D eigenvalue weighted by atomic mass is 16.2. The molecule has 0 aliphatic carbocycles. The van der Waals surface area contributed by atoms with E-state index in [9.17, 15) is 14.4 Å². The van der Waals surface area contributed by atoms with E-state index in [1.165, 1.54) is 0 Å². The molecule has 6 heteroatoms. The third kappa shape index (κ3) is 4.57. The lowest BCUT2D eigenvalue weighted by atomic mass is 10.1. The highest BCUT2D eigenvalue weighted by molar-refractivity contribution is 6.06. The minimum Gasteiger partial charge on any atom is -0.334 e. The molecule has 0 radical (unpaired) electrons. The maximum absolute atomic E-state index is 12.9. The summed E-state index contributed by atoms with van der Waals surface area (Å²) in [6, 6.07) is 18.0. The second-order valence-electron chi connectivity index (χ2n) is 7.22. The van der Waals surface area contributed by atoms with Gasteiger partial charge in [0.1, 0.15) is 12.6 Å². The molecule has 1 atom stereocenters. The smallest absolute Gasteiger partial charge is 0.325 e. The number of imide groups is 1. The largest absolute Gasteiger partial charge is 0.334 e. The number of carbonyl (C=O) groups excluding carboxylic acids is 3. The lowest BCUT2D eigenvalue weighted by molar-refractivity contribution is -0.139. The van der Waals surface area contributed by atoms with Crippen LogP contribution in [0, 0.1) is 0 Å². The lowest BCUT2D eigenvalue weighted by Gasteiger charge is -2.28. The second kappa shape index (κ2) is 8.69. The normalized spacial score (nSPS) is 16.4. The van der Waals surface area contributed by atoms with Gasteiger partial charge in [-0.05, 0) is 25.0 Å². The molecular formula is C22H25N3O3. The van der Waals surface area contributed by atoms with E-state index < -0.39 is 12.1 Å². The summed E-state index contributed by atoms with van der Waals surface area (Å²) >= 11 is 0. The van der Waals surface area contributed by atoms with Crippen LogP contribution in [0.1, 0.15) is 25.0 Å². The van der Waals surface area contributed by atoms with Gasteiger partial charge in [0.05, 0.1) is 0 Å². The Labute approximate surface area is 165 Å². The zero-order valence-corrected chi connectivity index (χ0v) is 16.2. The SMILES string of the molecule is CC(C)N(Cc1ccccc1)C(=O)CN1C(=O)N[C@@H](Cc2ccccc2)C1=O. The molecule has 2 aromatic carbocycles. The van der Waals surface area contributed by atoms with Crippen LogP contribution in [0.15, 0.2) is 60.7 Å². The third-order valence-electron chi connectivity index (χ3n) is 4.82. The number of hydrogen-bond donors (Lipinski definition) is 1. The van der Waals surface area contributed by atoms with E-state index in [0.29, 0.717) is 13.0 Å². The van der Waals surface area contributed by atoms with E-state index in [2.05, 4.69) is 5.32 Å². The maximum atomic E-state index is 12.9. The molecule has 6 nitrogen and oxygen atoms in total. The predicted molar refractivity (Wildman–Crippen MR) is 106 cm³/mol. The van der Waals surface area contributed by atoms with Crippen LogP contribution in [-0.2, 0) is 22.6 Å². The molecule has 1 fully saturated rings. The van der Waals surface area contributed by atoms with E-state index in [0.717, 1.165) is 16.0 Å². The topological polar surface area (TPSA) is 69.7 Å². The molecule has 2 aromatic rings. The van der Waals surface area contributed by atoms with Gasteiger partial charge in [0, 0.05) is 19.0 Å². The Bertz CT molecular complexity index is 837. The van der Waals surface area contributed by atoms with Crippen LogP contribution in [0.4, 0.5) is 4.79 Å². The summed E-state index contributed by atoms with van der Waals surface area (Å²) in [5.41, 5.74) is 1.96. The number of hydrogen-bond acceptors (Lipinski definition) is 3. The molecule has 1 N–H and O–H groups in total. The summed E-state index contributed by atoms with van der Waals surface area (Å²) in [5, 5.41) is 2.69. The molecule has 0 bridgehead atoms. The van der Waals surface area contributed by atoms with Crippen LogP contribution in [0.25, 0.3) is 0 Å². The van der Waals surface area contributed by atoms with Gasteiger partial charge in [-0.3, -0.25) is 14.5 Å². The third-order valence-corrected chi connectivity index (χ3v) is 4.82. The standard InChI is InChI=1S/C22H25N3O3/c1-16(2)24(14-18-11-7-4-8-12-18)20(26)15-25-21(27)19(23-22(25)28)13-17-9-5-3-6-10-17/h3-12,16,19H,13-15H2,1-2H3,(H,23,28)/t19-/m0/s1. The number of benzene rings is 2. The summed E-state index contributed by atoms with van der Waals surface area (Å²) in [4.78, 5) is 40.5. The fourth-order valence-electron chi connectivity index (χ4n) is 3.28. The average molecular weight is 379 g/mol. The Balaban J connectivity index is 1.66. The first-order chi connectivity index (χ1) is 13.5. The van der Waals surface area contributed by atoms with Crippen molar-refractivity contribution in [2.75, 3.05) is 6.54 Å². The van der Waals surface area contributed by atoms with Gasteiger partial charge in [0.15, 0.2) is 0 Å². The van der Waals surface area contributed by atoms with Crippen LogP contribution in [0.5, 0.6) is 0 Å². The summed E-state index contributed by atoms with van der Waals surface area (Å²) in [7, 11) is 0. The molecule has 1 aliphatic rings. The second-order valence-corrected chi connectivity index (χ2v) is 7.22. The van der Waals surface area contributed by atoms with Crippen molar-refractivity contribution in [2.24, 2.45) is 0 Å². The number of rotatable bonds is 7. The minimum absolute atomic E-state index is 0.0476. The van der Waals surface area contributed by atoms with E-state index >= 15 is 0 Å². The number of urea groups is 1. The molecule has 4 amide bonds. The molecule has 1 aliphatic heterocycles. The monoisotopic (exact) mass is 379 g/mol. The number of carbonyl (C=O) groups is 3. The van der Waals surface area contributed by atoms with Gasteiger partial charge in [-0.15, -0.1) is 0 Å². The van der Waals surface area contributed by atoms with Gasteiger partial charge in [-0.2, -0.15) is 0 Å². The Hall–Kier alpha value is -3.15. The zero-order valence-electron chi connectivity index (χ0n) is 16.2. The fourth-order valence-corrected chi connectivity index (χ4v) is 3.28. The molecule has 0 unspecified atom stereocenters. The Morgan fingerprint density at radius 3 is 2.14 bits per heavy atom. The van der Waals surface area contributed by atoms with Crippen molar-refractivity contribution in [1.82, 2.24) is 15.1 Å². The summed E-state index contributed by atoms with van der Waals surface area (Å²) < 4.78 is 0. The van der Waals surface area contributed by atoms with E-state index in [1.807, 2.05) is 74.5 Å². The van der Waals surface area contributed by atoms with Crippen molar-refractivity contribution in [1.29, 1.82) is 0 Å². The Morgan fingerprint density at radius 1 is 1.00 bits per heavy atom. The number of nitrogens with zero attached hydrogens (tertiary/aromatic N) is 2. The van der Waals surface area contributed by atoms with E-state index in [-0.39, 0.29) is 24.4 Å². The van der Waals surface area contributed by atoms with Crippen LogP contribution in [-0.4, -0.2) is 46.3 Å². The van der Waals surface area contributed by atoms with Gasteiger partial charge in [0.25, 0.3) is 5.91 Å². The first kappa shape index (κ1) is 19.6. The van der Waals surface area contributed by atoms with Gasteiger partial charge < -0.3 is 10.2 Å². The quantitative estimate of drug-likeness (QED) is 0.752. The fraction of sp³-hybridized carbons (Fsp3) is 0.318. The van der Waals surface area contributed by atoms with Gasteiger partial charge in [0.2, 0.25) is 5.91 Å². The van der Waals surface area contributed by atoms with Crippen molar-refractivity contribution in [3.63, 3.8) is 0 Å². The summed E-state index contributed by atoms with van der Waals surface area (Å²) in [5.74, 6) is -0.603. The van der Waals surface area contributed by atoms with Crippen molar-refractivity contribution in [2.45, 2.75) is 38.9 Å². The Morgan fingerprint density at radius 2 is 1.57 bits per heavy atom. The van der Waals surface area contributed by atoms with Crippen molar-refractivity contribution >= 4 is 17.8 Å². The lowest BCUT2D eigenvalue weighted by Crippen LogP contribution is -2.45. The molecule has 0 spiro atoms. The van der Waals surface area contributed by atoms with Crippen LogP contribution in [0.2, 0.25) is 0 Å². The molecular weight excluding hydrogens is 354 g/mol. The van der Waals surface area contributed by atoms with Crippen molar-refractivity contribution < 1.29 is 14.4 Å². The first-order valence-electron chi connectivity index (χ1n) is 9.45. The highest BCUT2D eigenvalue weighted by Crippen LogP contribution is 2.14. The van der Waals surface area contributed by atoms with Crippen LogP contribution in [0.3, 0.4) is 0 Å². The number of amides is 4. The van der Waals surface area contributed by atoms with Crippen LogP contribution < -0.4 is 5.32 Å². The molecule has 1 saturated heterocycles. The van der Waals surface area contributed by atoms with E-state index in [4.69, 9.17) is 0 Å². The van der Waals surface area contributed by atoms with E-state index in [1.54, 1.807) is 4.90 Å². The number of nitrogens with one attached hydrogen (secondary N) is 1. The van der Waals surface area contributed by atoms with Crippen molar-refractivity contribution in [3.05, 3.63) is 71.8 Å². The molecule has 3 rings (SSSR count). The van der Waals surface area contributed by atoms with Crippen LogP contribution >= 0.6 is 0 Å². The molecule has 0 aromatic heterocycles. The average Bonchev–Trinajstić information content (AvgIpc) is 2.94. The predicted octanol–water partition coefficient (Wildman–Crippen LogP) is 2.59.